The molecular weight excluding hydrogens is 340 g/mol. The Balaban J connectivity index is 1.59. The standard InChI is InChI=1S/C21H20N4O2/c1-3-25-18-7-5-4-6-15(18)12-19(25)17-13-20(24-23-17)22-21(26)14-8-10-16(27-2)11-9-14/h4-13H,3H2,1-2H3,(H2,22,23,24,26). The van der Waals surface area contributed by atoms with E-state index in [1.54, 1.807) is 31.4 Å². The van der Waals surface area contributed by atoms with Crippen molar-refractivity contribution in [2.75, 3.05) is 12.4 Å². The third-order valence-corrected chi connectivity index (χ3v) is 4.57. The first kappa shape index (κ1) is 16.9. The van der Waals surface area contributed by atoms with Crippen molar-refractivity contribution in [2.24, 2.45) is 0 Å². The number of methoxy groups -OCH3 is 1. The summed E-state index contributed by atoms with van der Waals surface area (Å²) in [4.78, 5) is 12.4. The van der Waals surface area contributed by atoms with Crippen molar-refractivity contribution < 1.29 is 9.53 Å². The van der Waals surface area contributed by atoms with Crippen LogP contribution in [0.1, 0.15) is 17.3 Å². The largest absolute Gasteiger partial charge is 0.497 e. The lowest BCUT2D eigenvalue weighted by Gasteiger charge is -2.05. The van der Waals surface area contributed by atoms with E-state index in [0.29, 0.717) is 17.1 Å². The number of para-hydroxylation sites is 1. The van der Waals surface area contributed by atoms with Crippen LogP contribution in [-0.2, 0) is 6.54 Å². The van der Waals surface area contributed by atoms with E-state index in [-0.39, 0.29) is 5.91 Å². The number of rotatable bonds is 5. The van der Waals surface area contributed by atoms with Gasteiger partial charge in [-0.1, -0.05) is 18.2 Å². The molecule has 0 aliphatic carbocycles. The number of nitrogens with one attached hydrogen (secondary N) is 2. The monoisotopic (exact) mass is 360 g/mol. The highest BCUT2D eigenvalue weighted by Crippen LogP contribution is 2.28. The molecule has 6 heteroatoms. The number of benzene rings is 2. The highest BCUT2D eigenvalue weighted by Gasteiger charge is 2.13. The summed E-state index contributed by atoms with van der Waals surface area (Å²) >= 11 is 0. The van der Waals surface area contributed by atoms with Crippen molar-refractivity contribution in [1.29, 1.82) is 0 Å². The van der Waals surface area contributed by atoms with Crippen LogP contribution < -0.4 is 10.1 Å². The molecule has 0 fully saturated rings. The number of carbonyl (C=O) groups excluding carboxylic acids is 1. The zero-order valence-corrected chi connectivity index (χ0v) is 15.2. The van der Waals surface area contributed by atoms with Gasteiger partial charge in [0.2, 0.25) is 0 Å². The van der Waals surface area contributed by atoms with Gasteiger partial charge in [0.05, 0.1) is 18.5 Å². The summed E-state index contributed by atoms with van der Waals surface area (Å²) in [5.74, 6) is 0.978. The highest BCUT2D eigenvalue weighted by atomic mass is 16.5. The summed E-state index contributed by atoms with van der Waals surface area (Å²) in [6, 6.07) is 19.2. The Kier molecular flexibility index (Phi) is 4.38. The van der Waals surface area contributed by atoms with Crippen LogP contribution in [0.25, 0.3) is 22.3 Å². The molecule has 0 aliphatic heterocycles. The third kappa shape index (κ3) is 3.17. The maximum atomic E-state index is 12.4. The quantitative estimate of drug-likeness (QED) is 0.557. The average Bonchev–Trinajstić information content (AvgIpc) is 3.31. The van der Waals surface area contributed by atoms with Crippen molar-refractivity contribution in [3.63, 3.8) is 0 Å². The summed E-state index contributed by atoms with van der Waals surface area (Å²) in [6.07, 6.45) is 0. The second-order valence-corrected chi connectivity index (χ2v) is 6.18. The van der Waals surface area contributed by atoms with Gasteiger partial charge in [-0.05, 0) is 43.3 Å². The van der Waals surface area contributed by atoms with Crippen LogP contribution in [0.15, 0.2) is 60.7 Å². The Labute approximate surface area is 156 Å². The number of H-pyrrole nitrogens is 1. The molecule has 136 valence electrons. The Morgan fingerprint density at radius 2 is 1.93 bits per heavy atom. The number of carbonyl (C=O) groups is 1. The molecule has 6 nitrogen and oxygen atoms in total. The van der Waals surface area contributed by atoms with Crippen molar-refractivity contribution in [3.8, 4) is 17.1 Å². The lowest BCUT2D eigenvalue weighted by atomic mass is 10.2. The SMILES string of the molecule is CCn1c(-c2cc(NC(=O)c3ccc(OC)cc3)n[nH]2)cc2ccccc21. The van der Waals surface area contributed by atoms with Gasteiger partial charge >= 0.3 is 0 Å². The van der Waals surface area contributed by atoms with Gasteiger partial charge in [0.25, 0.3) is 5.91 Å². The lowest BCUT2D eigenvalue weighted by molar-refractivity contribution is 0.102. The predicted octanol–water partition coefficient (Wildman–Crippen LogP) is 4.31. The summed E-state index contributed by atoms with van der Waals surface area (Å²) in [5, 5.41) is 11.3. The van der Waals surface area contributed by atoms with Crippen LogP contribution in [0, 0.1) is 0 Å². The van der Waals surface area contributed by atoms with E-state index in [1.807, 2.05) is 18.2 Å². The first-order valence-corrected chi connectivity index (χ1v) is 8.79. The van der Waals surface area contributed by atoms with Crippen molar-refractivity contribution >= 4 is 22.6 Å². The van der Waals surface area contributed by atoms with Gasteiger partial charge in [-0.3, -0.25) is 9.89 Å². The molecule has 2 heterocycles. The summed E-state index contributed by atoms with van der Waals surface area (Å²) in [6.45, 7) is 2.95. The van der Waals surface area contributed by atoms with Gasteiger partial charge in [-0.25, -0.2) is 0 Å². The van der Waals surface area contributed by atoms with E-state index in [9.17, 15) is 4.79 Å². The van der Waals surface area contributed by atoms with Crippen LogP contribution >= 0.6 is 0 Å². The van der Waals surface area contributed by atoms with E-state index in [0.717, 1.165) is 17.9 Å². The smallest absolute Gasteiger partial charge is 0.256 e. The first-order valence-electron chi connectivity index (χ1n) is 8.79. The maximum absolute atomic E-state index is 12.4. The average molecular weight is 360 g/mol. The maximum Gasteiger partial charge on any atom is 0.256 e. The Morgan fingerprint density at radius 1 is 1.15 bits per heavy atom. The van der Waals surface area contributed by atoms with E-state index in [2.05, 4.69) is 45.2 Å². The lowest BCUT2D eigenvalue weighted by Crippen LogP contribution is -2.11. The summed E-state index contributed by atoms with van der Waals surface area (Å²) < 4.78 is 7.34. The van der Waals surface area contributed by atoms with Crippen molar-refractivity contribution in [1.82, 2.24) is 14.8 Å². The van der Waals surface area contributed by atoms with Gasteiger partial charge in [-0.15, -0.1) is 0 Å². The van der Waals surface area contributed by atoms with E-state index < -0.39 is 0 Å². The molecule has 0 unspecified atom stereocenters. The molecule has 1 amide bonds. The molecule has 4 rings (SSSR count). The molecule has 4 aromatic rings. The molecule has 0 aliphatic rings. The van der Waals surface area contributed by atoms with Gasteiger partial charge in [0, 0.05) is 29.1 Å². The Bertz CT molecular complexity index is 1090. The number of aryl methyl sites for hydroxylation is 1. The Hall–Kier alpha value is -3.54. The number of anilines is 1. The number of hydrogen-bond donors (Lipinski definition) is 2. The van der Waals surface area contributed by atoms with Gasteiger partial charge in [0.15, 0.2) is 5.82 Å². The fraction of sp³-hybridized carbons (Fsp3) is 0.143. The number of aromatic nitrogens is 3. The first-order chi connectivity index (χ1) is 13.2. The number of amides is 1. The van der Waals surface area contributed by atoms with Gasteiger partial charge in [0.1, 0.15) is 5.75 Å². The molecule has 0 spiro atoms. The fourth-order valence-electron chi connectivity index (χ4n) is 3.22. The molecule has 2 aromatic carbocycles. The van der Waals surface area contributed by atoms with E-state index in [4.69, 9.17) is 4.74 Å². The number of hydrogen-bond acceptors (Lipinski definition) is 3. The normalized spacial score (nSPS) is 10.9. The van der Waals surface area contributed by atoms with Crippen LogP contribution in [0.2, 0.25) is 0 Å². The highest BCUT2D eigenvalue weighted by molar-refractivity contribution is 6.04. The van der Waals surface area contributed by atoms with E-state index >= 15 is 0 Å². The van der Waals surface area contributed by atoms with Crippen LogP contribution in [0.4, 0.5) is 5.82 Å². The third-order valence-electron chi connectivity index (χ3n) is 4.57. The molecule has 0 bridgehead atoms. The second kappa shape index (κ2) is 6.99. The van der Waals surface area contributed by atoms with Gasteiger partial charge in [-0.2, -0.15) is 5.10 Å². The minimum absolute atomic E-state index is 0.216. The topological polar surface area (TPSA) is 71.9 Å². The molecule has 0 saturated carbocycles. The zero-order chi connectivity index (χ0) is 18.8. The van der Waals surface area contributed by atoms with Gasteiger partial charge < -0.3 is 14.6 Å². The van der Waals surface area contributed by atoms with E-state index in [1.165, 1.54) is 10.9 Å². The van der Waals surface area contributed by atoms with Crippen molar-refractivity contribution in [2.45, 2.75) is 13.5 Å². The number of nitrogens with zero attached hydrogens (tertiary/aromatic N) is 2. The number of fused-ring (bicyclic) bond motifs is 1. The summed E-state index contributed by atoms with van der Waals surface area (Å²) in [5.41, 5.74) is 3.62. The molecule has 0 radical (unpaired) electrons. The zero-order valence-electron chi connectivity index (χ0n) is 15.2. The minimum Gasteiger partial charge on any atom is -0.497 e. The molecule has 2 N–H and O–H groups in total. The minimum atomic E-state index is -0.216. The van der Waals surface area contributed by atoms with Crippen LogP contribution in [0.3, 0.4) is 0 Å². The predicted molar refractivity (Wildman–Crippen MR) is 106 cm³/mol. The van der Waals surface area contributed by atoms with Crippen LogP contribution in [-0.4, -0.2) is 27.8 Å². The molecule has 2 aromatic heterocycles. The Morgan fingerprint density at radius 3 is 2.67 bits per heavy atom. The fourth-order valence-corrected chi connectivity index (χ4v) is 3.22. The molecule has 0 saturated heterocycles. The molecule has 27 heavy (non-hydrogen) atoms. The second-order valence-electron chi connectivity index (χ2n) is 6.18. The molecular formula is C21H20N4O2. The van der Waals surface area contributed by atoms with Crippen molar-refractivity contribution in [3.05, 3.63) is 66.2 Å². The summed E-state index contributed by atoms with van der Waals surface area (Å²) in [7, 11) is 1.59. The number of ether oxygens (including phenoxy) is 1. The molecule has 0 atom stereocenters. The van der Waals surface area contributed by atoms with Crippen LogP contribution in [0.5, 0.6) is 5.75 Å². The number of aromatic amines is 1.